The van der Waals surface area contributed by atoms with Gasteiger partial charge in [-0.25, -0.2) is 0 Å². The van der Waals surface area contributed by atoms with Crippen LogP contribution in [0.2, 0.25) is 0 Å². The second-order valence-corrected chi connectivity index (χ2v) is 3.28. The van der Waals surface area contributed by atoms with Crippen LogP contribution in [0.3, 0.4) is 0 Å². The molecular weight excluding hydrogens is 188 g/mol. The van der Waals surface area contributed by atoms with Crippen molar-refractivity contribution in [3.05, 3.63) is 34.9 Å². The molecule has 1 rings (SSSR count). The highest BCUT2D eigenvalue weighted by molar-refractivity contribution is 7.59. The van der Waals surface area contributed by atoms with Gasteiger partial charge in [0.25, 0.3) is 0 Å². The zero-order valence-corrected chi connectivity index (χ0v) is 8.68. The standard InChI is InChI=1S/C9H12.O3S/c1-7-4-8(2)6-9(3)5-7;1-4(2)3/h4-6H,1-3H3;. The van der Waals surface area contributed by atoms with E-state index in [0.29, 0.717) is 0 Å². The molecule has 3 nitrogen and oxygen atoms in total. The van der Waals surface area contributed by atoms with Crippen molar-refractivity contribution in [2.45, 2.75) is 20.8 Å². The van der Waals surface area contributed by atoms with Gasteiger partial charge in [0, 0.05) is 0 Å². The smallest absolute Gasteiger partial charge is 0.142 e. The summed E-state index contributed by atoms with van der Waals surface area (Å²) in [5.74, 6) is 0. The fraction of sp³-hybridized carbons (Fsp3) is 0.333. The molecule has 0 amide bonds. The fourth-order valence-electron chi connectivity index (χ4n) is 1.20. The summed E-state index contributed by atoms with van der Waals surface area (Å²) in [6, 6.07) is 6.56. The molecule has 0 aliphatic carbocycles. The molecular formula is C9H12O3S. The van der Waals surface area contributed by atoms with Crippen molar-refractivity contribution >= 4 is 10.6 Å². The first-order chi connectivity index (χ1) is 5.91. The second kappa shape index (κ2) is 5.48. The minimum atomic E-state index is -3.11. The van der Waals surface area contributed by atoms with Crippen LogP contribution in [0.15, 0.2) is 18.2 Å². The summed E-state index contributed by atoms with van der Waals surface area (Å²) in [7, 11) is -3.11. The molecule has 0 bridgehead atoms. The van der Waals surface area contributed by atoms with Gasteiger partial charge >= 0.3 is 10.6 Å². The zero-order valence-electron chi connectivity index (χ0n) is 7.87. The number of hydrogen-bond acceptors (Lipinski definition) is 3. The van der Waals surface area contributed by atoms with Crippen molar-refractivity contribution < 1.29 is 12.6 Å². The first-order valence-corrected chi connectivity index (χ1v) is 4.73. The van der Waals surface area contributed by atoms with Gasteiger partial charge < -0.3 is 0 Å². The maximum Gasteiger partial charge on any atom is 0.425 e. The van der Waals surface area contributed by atoms with Crippen molar-refractivity contribution in [3.8, 4) is 0 Å². The van der Waals surface area contributed by atoms with Crippen molar-refractivity contribution in [1.29, 1.82) is 0 Å². The van der Waals surface area contributed by atoms with Crippen LogP contribution in [-0.4, -0.2) is 12.6 Å². The summed E-state index contributed by atoms with van der Waals surface area (Å²) in [6.45, 7) is 6.38. The van der Waals surface area contributed by atoms with E-state index in [1.165, 1.54) is 16.7 Å². The molecule has 0 unspecified atom stereocenters. The van der Waals surface area contributed by atoms with E-state index in [0.717, 1.165) is 0 Å². The summed E-state index contributed by atoms with van der Waals surface area (Å²) >= 11 is 0. The molecule has 0 aliphatic heterocycles. The quantitative estimate of drug-likeness (QED) is 0.639. The van der Waals surface area contributed by atoms with E-state index in [4.69, 9.17) is 12.6 Å². The summed E-state index contributed by atoms with van der Waals surface area (Å²) < 4.78 is 25.3. The highest BCUT2D eigenvalue weighted by Gasteiger charge is 1.87. The Hall–Kier alpha value is -1.16. The Morgan fingerprint density at radius 3 is 1.08 bits per heavy atom. The van der Waals surface area contributed by atoms with Crippen LogP contribution >= 0.6 is 0 Å². The predicted octanol–water partition coefficient (Wildman–Crippen LogP) is 1.61. The molecule has 1 aromatic carbocycles. The van der Waals surface area contributed by atoms with Gasteiger partial charge in [0.15, 0.2) is 0 Å². The first kappa shape index (κ1) is 11.8. The van der Waals surface area contributed by atoms with Gasteiger partial charge in [-0.15, -0.1) is 12.6 Å². The average Bonchev–Trinajstić information content (AvgIpc) is 1.80. The van der Waals surface area contributed by atoms with Crippen LogP contribution in [0.5, 0.6) is 0 Å². The normalized spacial score (nSPS) is 8.54. The summed E-state index contributed by atoms with van der Waals surface area (Å²) in [5, 5.41) is 0. The zero-order chi connectivity index (χ0) is 10.4. The lowest BCUT2D eigenvalue weighted by molar-refractivity contribution is 0.559. The monoisotopic (exact) mass is 200 g/mol. The predicted molar refractivity (Wildman–Crippen MR) is 50.4 cm³/mol. The van der Waals surface area contributed by atoms with E-state index in [2.05, 4.69) is 39.0 Å². The lowest BCUT2D eigenvalue weighted by Gasteiger charge is -1.96. The van der Waals surface area contributed by atoms with E-state index >= 15 is 0 Å². The molecule has 0 saturated heterocycles. The number of aryl methyl sites for hydroxylation is 3. The number of rotatable bonds is 0. The Labute approximate surface area is 79.5 Å². The minimum absolute atomic E-state index is 1.35. The molecule has 0 fully saturated rings. The van der Waals surface area contributed by atoms with Crippen LogP contribution in [0.4, 0.5) is 0 Å². The van der Waals surface area contributed by atoms with Crippen LogP contribution < -0.4 is 0 Å². The van der Waals surface area contributed by atoms with E-state index in [9.17, 15) is 0 Å². The van der Waals surface area contributed by atoms with Gasteiger partial charge in [0.2, 0.25) is 0 Å². The Morgan fingerprint density at radius 2 is 0.923 bits per heavy atom. The lowest BCUT2D eigenvalue weighted by Crippen LogP contribution is -1.78. The Kier molecular flexibility index (Phi) is 4.99. The third-order valence-corrected chi connectivity index (χ3v) is 1.37. The fourth-order valence-corrected chi connectivity index (χ4v) is 1.20. The SMILES string of the molecule is Cc1cc(C)cc(C)c1.O=S(=O)=O. The Bertz CT molecular complexity index is 321. The van der Waals surface area contributed by atoms with E-state index in [-0.39, 0.29) is 0 Å². The largest absolute Gasteiger partial charge is 0.425 e. The van der Waals surface area contributed by atoms with Gasteiger partial charge in [0.05, 0.1) is 0 Å². The molecule has 0 spiro atoms. The molecule has 0 aromatic heterocycles. The second-order valence-electron chi connectivity index (χ2n) is 2.87. The molecule has 0 saturated carbocycles. The van der Waals surface area contributed by atoms with E-state index < -0.39 is 10.6 Å². The van der Waals surface area contributed by atoms with Gasteiger partial charge in [-0.3, -0.25) is 0 Å². The van der Waals surface area contributed by atoms with Crippen molar-refractivity contribution in [2.75, 3.05) is 0 Å². The summed E-state index contributed by atoms with van der Waals surface area (Å²) in [5.41, 5.74) is 4.06. The maximum atomic E-state index is 8.44. The highest BCUT2D eigenvalue weighted by Crippen LogP contribution is 2.06. The third kappa shape index (κ3) is 7.21. The van der Waals surface area contributed by atoms with Gasteiger partial charge in [-0.1, -0.05) is 34.9 Å². The molecule has 0 N–H and O–H groups in total. The Morgan fingerprint density at radius 1 is 0.769 bits per heavy atom. The van der Waals surface area contributed by atoms with Gasteiger partial charge in [-0.05, 0) is 20.8 Å². The topological polar surface area (TPSA) is 51.2 Å². The molecule has 4 heteroatoms. The molecule has 0 atom stereocenters. The van der Waals surface area contributed by atoms with Gasteiger partial charge in [-0.2, -0.15) is 0 Å². The number of hydrogen-bond donors (Lipinski definition) is 0. The minimum Gasteiger partial charge on any atom is -0.142 e. The average molecular weight is 200 g/mol. The lowest BCUT2D eigenvalue weighted by atomic mass is 10.1. The number of benzene rings is 1. The molecule has 0 heterocycles. The molecule has 0 aliphatic rings. The van der Waals surface area contributed by atoms with Crippen molar-refractivity contribution in [2.24, 2.45) is 0 Å². The van der Waals surface area contributed by atoms with Gasteiger partial charge in [0.1, 0.15) is 0 Å². The summed E-state index contributed by atoms with van der Waals surface area (Å²) in [4.78, 5) is 0. The van der Waals surface area contributed by atoms with Crippen LogP contribution in [0.25, 0.3) is 0 Å². The van der Waals surface area contributed by atoms with Crippen LogP contribution in [0.1, 0.15) is 16.7 Å². The van der Waals surface area contributed by atoms with E-state index in [1.807, 2.05) is 0 Å². The molecule has 72 valence electrons. The third-order valence-electron chi connectivity index (χ3n) is 1.37. The summed E-state index contributed by atoms with van der Waals surface area (Å²) in [6.07, 6.45) is 0. The van der Waals surface area contributed by atoms with Crippen LogP contribution in [0, 0.1) is 20.8 Å². The van der Waals surface area contributed by atoms with Crippen molar-refractivity contribution in [1.82, 2.24) is 0 Å². The highest BCUT2D eigenvalue weighted by atomic mass is 32.2. The first-order valence-electron chi connectivity index (χ1n) is 3.73. The molecule has 13 heavy (non-hydrogen) atoms. The Balaban J connectivity index is 0.000000310. The molecule has 0 radical (unpaired) electrons. The van der Waals surface area contributed by atoms with Crippen molar-refractivity contribution in [3.63, 3.8) is 0 Å². The van der Waals surface area contributed by atoms with Crippen LogP contribution in [-0.2, 0) is 10.6 Å². The molecule has 1 aromatic rings. The maximum absolute atomic E-state index is 8.44. The van der Waals surface area contributed by atoms with E-state index in [1.54, 1.807) is 0 Å².